The van der Waals surface area contributed by atoms with Gasteiger partial charge in [-0.05, 0) is 24.6 Å². The number of para-hydroxylation sites is 2. The highest BCUT2D eigenvalue weighted by Crippen LogP contribution is 2.23. The van der Waals surface area contributed by atoms with Crippen molar-refractivity contribution in [3.63, 3.8) is 0 Å². The zero-order valence-corrected chi connectivity index (χ0v) is 14.2. The monoisotopic (exact) mass is 337 g/mol. The Bertz CT molecular complexity index is 874. The number of nitrogens with zero attached hydrogens (tertiary/aromatic N) is 2. The third-order valence-electron chi connectivity index (χ3n) is 3.80. The van der Waals surface area contributed by atoms with Crippen molar-refractivity contribution in [2.75, 3.05) is 12.4 Å². The lowest BCUT2D eigenvalue weighted by Crippen LogP contribution is -2.13. The fourth-order valence-electron chi connectivity index (χ4n) is 2.47. The number of hydrogen-bond acceptors (Lipinski definition) is 5. The van der Waals surface area contributed by atoms with E-state index in [2.05, 4.69) is 15.5 Å². The van der Waals surface area contributed by atoms with Crippen LogP contribution in [0.4, 0.5) is 5.69 Å². The lowest BCUT2D eigenvalue weighted by molar-refractivity contribution is -0.116. The number of benzene rings is 2. The number of carbonyl (C=O) groups is 1. The minimum absolute atomic E-state index is 0.139. The molecule has 1 amide bonds. The zero-order chi connectivity index (χ0) is 17.6. The van der Waals surface area contributed by atoms with Crippen LogP contribution < -0.4 is 10.1 Å². The van der Waals surface area contributed by atoms with Crippen molar-refractivity contribution < 1.29 is 14.1 Å². The first kappa shape index (κ1) is 16.7. The quantitative estimate of drug-likeness (QED) is 0.743. The predicted octanol–water partition coefficient (Wildman–Crippen LogP) is 3.62. The molecular weight excluding hydrogens is 318 g/mol. The maximum atomic E-state index is 12.1. The maximum Gasteiger partial charge on any atom is 0.227 e. The van der Waals surface area contributed by atoms with E-state index in [0.717, 1.165) is 11.1 Å². The molecule has 0 radical (unpaired) electrons. The van der Waals surface area contributed by atoms with Gasteiger partial charge >= 0.3 is 0 Å². The van der Waals surface area contributed by atoms with Crippen LogP contribution in [0.1, 0.15) is 17.9 Å². The molecule has 25 heavy (non-hydrogen) atoms. The number of nitrogens with one attached hydrogen (secondary N) is 1. The minimum Gasteiger partial charge on any atom is -0.495 e. The number of hydrogen-bond donors (Lipinski definition) is 1. The molecule has 0 saturated heterocycles. The molecule has 128 valence electrons. The maximum absolute atomic E-state index is 12.1. The second-order valence-corrected chi connectivity index (χ2v) is 5.58. The van der Waals surface area contributed by atoms with Crippen LogP contribution in [0.25, 0.3) is 11.4 Å². The average molecular weight is 337 g/mol. The average Bonchev–Trinajstić information content (AvgIpc) is 3.09. The summed E-state index contributed by atoms with van der Waals surface area (Å²) in [5, 5.41) is 6.82. The number of carbonyl (C=O) groups excluding carboxylic acids is 1. The smallest absolute Gasteiger partial charge is 0.227 e. The van der Waals surface area contributed by atoms with Crippen molar-refractivity contribution >= 4 is 11.6 Å². The number of amides is 1. The molecule has 6 heteroatoms. The van der Waals surface area contributed by atoms with Gasteiger partial charge in [-0.15, -0.1) is 0 Å². The van der Waals surface area contributed by atoms with Gasteiger partial charge in [0, 0.05) is 18.4 Å². The molecule has 0 bridgehead atoms. The van der Waals surface area contributed by atoms with Crippen molar-refractivity contribution in [2.45, 2.75) is 19.8 Å². The van der Waals surface area contributed by atoms with E-state index in [0.29, 0.717) is 29.6 Å². The molecule has 6 nitrogen and oxygen atoms in total. The van der Waals surface area contributed by atoms with Gasteiger partial charge < -0.3 is 14.6 Å². The van der Waals surface area contributed by atoms with Crippen LogP contribution in [0.3, 0.4) is 0 Å². The second-order valence-electron chi connectivity index (χ2n) is 5.58. The minimum atomic E-state index is -0.139. The summed E-state index contributed by atoms with van der Waals surface area (Å²) in [5.74, 6) is 1.46. The van der Waals surface area contributed by atoms with Crippen molar-refractivity contribution in [3.8, 4) is 17.1 Å². The normalized spacial score (nSPS) is 10.5. The van der Waals surface area contributed by atoms with Gasteiger partial charge in [-0.1, -0.05) is 41.6 Å². The van der Waals surface area contributed by atoms with Crippen molar-refractivity contribution in [3.05, 3.63) is 60.0 Å². The van der Waals surface area contributed by atoms with Crippen LogP contribution >= 0.6 is 0 Å². The Balaban J connectivity index is 1.61. The number of anilines is 1. The summed E-state index contributed by atoms with van der Waals surface area (Å²) >= 11 is 0. The Morgan fingerprint density at radius 1 is 1.16 bits per heavy atom. The van der Waals surface area contributed by atoms with Gasteiger partial charge in [-0.3, -0.25) is 4.79 Å². The summed E-state index contributed by atoms with van der Waals surface area (Å²) in [5.41, 5.74) is 2.64. The van der Waals surface area contributed by atoms with E-state index in [9.17, 15) is 4.79 Å². The molecule has 1 N–H and O–H groups in total. The highest BCUT2D eigenvalue weighted by molar-refractivity contribution is 5.92. The molecule has 0 fully saturated rings. The van der Waals surface area contributed by atoms with E-state index in [1.54, 1.807) is 19.2 Å². The Labute approximate surface area is 145 Å². The molecule has 0 unspecified atom stereocenters. The predicted molar refractivity (Wildman–Crippen MR) is 94.4 cm³/mol. The summed E-state index contributed by atoms with van der Waals surface area (Å²) in [6.07, 6.45) is 0.618. The molecule has 3 aromatic rings. The first-order valence-electron chi connectivity index (χ1n) is 7.99. The molecule has 1 heterocycles. The van der Waals surface area contributed by atoms with Crippen LogP contribution in [0.2, 0.25) is 0 Å². The van der Waals surface area contributed by atoms with Gasteiger partial charge in [0.15, 0.2) is 0 Å². The first-order chi connectivity index (χ1) is 12.2. The molecule has 0 aliphatic heterocycles. The molecule has 1 aromatic heterocycles. The third-order valence-corrected chi connectivity index (χ3v) is 3.80. The highest BCUT2D eigenvalue weighted by atomic mass is 16.5. The fourth-order valence-corrected chi connectivity index (χ4v) is 2.47. The second kappa shape index (κ2) is 7.61. The molecule has 0 atom stereocenters. The van der Waals surface area contributed by atoms with Crippen LogP contribution in [-0.4, -0.2) is 23.2 Å². The number of aromatic nitrogens is 2. The fraction of sp³-hybridized carbons (Fsp3) is 0.211. The van der Waals surface area contributed by atoms with E-state index >= 15 is 0 Å². The Kier molecular flexibility index (Phi) is 5.09. The van der Waals surface area contributed by atoms with Crippen molar-refractivity contribution in [2.24, 2.45) is 0 Å². The van der Waals surface area contributed by atoms with Crippen LogP contribution in [0, 0.1) is 6.92 Å². The van der Waals surface area contributed by atoms with Gasteiger partial charge in [0.05, 0.1) is 12.8 Å². The topological polar surface area (TPSA) is 77.2 Å². The van der Waals surface area contributed by atoms with E-state index in [4.69, 9.17) is 9.26 Å². The Morgan fingerprint density at radius 3 is 2.72 bits per heavy atom. The Hall–Kier alpha value is -3.15. The van der Waals surface area contributed by atoms with Crippen LogP contribution in [0.15, 0.2) is 53.1 Å². The third kappa shape index (κ3) is 4.03. The largest absolute Gasteiger partial charge is 0.495 e. The van der Waals surface area contributed by atoms with Crippen molar-refractivity contribution in [1.82, 2.24) is 10.1 Å². The Morgan fingerprint density at radius 2 is 1.92 bits per heavy atom. The number of aryl methyl sites for hydroxylation is 2. The van der Waals surface area contributed by atoms with Crippen LogP contribution in [0.5, 0.6) is 5.75 Å². The molecule has 2 aromatic carbocycles. The van der Waals surface area contributed by atoms with Gasteiger partial charge in [0.2, 0.25) is 17.6 Å². The van der Waals surface area contributed by atoms with Gasteiger partial charge in [0.25, 0.3) is 0 Å². The molecule has 0 saturated carbocycles. The summed E-state index contributed by atoms with van der Waals surface area (Å²) in [6.45, 7) is 1.99. The van der Waals surface area contributed by atoms with Crippen molar-refractivity contribution in [1.29, 1.82) is 0 Å². The summed E-state index contributed by atoms with van der Waals surface area (Å²) < 4.78 is 10.5. The lowest BCUT2D eigenvalue weighted by atomic mass is 10.1. The SMILES string of the molecule is COc1ccccc1NC(=O)CCc1nc(-c2ccccc2C)no1. The van der Waals surface area contributed by atoms with E-state index < -0.39 is 0 Å². The molecule has 0 aliphatic carbocycles. The highest BCUT2D eigenvalue weighted by Gasteiger charge is 2.13. The number of rotatable bonds is 6. The molecule has 0 aliphatic rings. The zero-order valence-electron chi connectivity index (χ0n) is 14.2. The summed E-state index contributed by atoms with van der Waals surface area (Å²) in [6, 6.07) is 15.1. The van der Waals surface area contributed by atoms with Gasteiger partial charge in [-0.2, -0.15) is 4.98 Å². The summed E-state index contributed by atoms with van der Waals surface area (Å²) in [7, 11) is 1.57. The lowest BCUT2D eigenvalue weighted by Gasteiger charge is -2.08. The van der Waals surface area contributed by atoms with E-state index in [1.165, 1.54) is 0 Å². The summed E-state index contributed by atoms with van der Waals surface area (Å²) in [4.78, 5) is 16.5. The molecule has 0 spiro atoms. The standard InChI is InChI=1S/C19H19N3O3/c1-13-7-3-4-8-14(13)19-21-18(25-22-19)12-11-17(23)20-15-9-5-6-10-16(15)24-2/h3-10H,11-12H2,1-2H3,(H,20,23). The van der Waals surface area contributed by atoms with E-state index in [-0.39, 0.29) is 12.3 Å². The molecule has 3 rings (SSSR count). The first-order valence-corrected chi connectivity index (χ1v) is 7.99. The van der Waals surface area contributed by atoms with Gasteiger partial charge in [-0.25, -0.2) is 0 Å². The van der Waals surface area contributed by atoms with Crippen LogP contribution in [-0.2, 0) is 11.2 Å². The van der Waals surface area contributed by atoms with Gasteiger partial charge in [0.1, 0.15) is 5.75 Å². The molecular formula is C19H19N3O3. The number of ether oxygens (including phenoxy) is 1. The van der Waals surface area contributed by atoms with E-state index in [1.807, 2.05) is 43.3 Å². The number of methoxy groups -OCH3 is 1.